The van der Waals surface area contributed by atoms with Crippen LogP contribution >= 0.6 is 0 Å². The predicted molar refractivity (Wildman–Crippen MR) is 78.3 cm³/mol. The average Bonchev–Trinajstić information content (AvgIpc) is 2.46. The van der Waals surface area contributed by atoms with Gasteiger partial charge in [0.15, 0.2) is 0 Å². The Morgan fingerprint density at radius 3 is 2.53 bits per heavy atom. The van der Waals surface area contributed by atoms with Crippen LogP contribution in [-0.2, 0) is 9.53 Å². The molecule has 1 unspecified atom stereocenters. The number of carbonyl (C=O) groups excluding carboxylic acids is 1. The molecule has 0 aliphatic heterocycles. The molecule has 3 nitrogen and oxygen atoms in total. The first-order chi connectivity index (χ1) is 9.09. The summed E-state index contributed by atoms with van der Waals surface area (Å²) in [6, 6.07) is 13.9. The summed E-state index contributed by atoms with van der Waals surface area (Å²) in [6.07, 6.45) is 0.628. The van der Waals surface area contributed by atoms with Gasteiger partial charge in [-0.1, -0.05) is 37.3 Å². The SMILES string of the molecule is CCC(C)(OC)C(=O)Nc1ccc2ccccc2c1. The number of amides is 1. The van der Waals surface area contributed by atoms with Crippen molar-refractivity contribution in [3.63, 3.8) is 0 Å². The molecule has 0 spiro atoms. The number of anilines is 1. The fourth-order valence-corrected chi connectivity index (χ4v) is 1.93. The van der Waals surface area contributed by atoms with Crippen molar-refractivity contribution in [2.24, 2.45) is 0 Å². The summed E-state index contributed by atoms with van der Waals surface area (Å²) in [7, 11) is 1.56. The molecule has 0 fully saturated rings. The number of ether oxygens (including phenoxy) is 1. The summed E-state index contributed by atoms with van der Waals surface area (Å²) in [6.45, 7) is 3.73. The van der Waals surface area contributed by atoms with Gasteiger partial charge in [-0.15, -0.1) is 0 Å². The lowest BCUT2D eigenvalue weighted by atomic mass is 10.0. The van der Waals surface area contributed by atoms with Crippen LogP contribution in [0.1, 0.15) is 20.3 Å². The zero-order chi connectivity index (χ0) is 13.9. The van der Waals surface area contributed by atoms with Gasteiger partial charge in [-0.2, -0.15) is 0 Å². The Morgan fingerprint density at radius 2 is 1.89 bits per heavy atom. The van der Waals surface area contributed by atoms with Crippen molar-refractivity contribution in [3.8, 4) is 0 Å². The number of carbonyl (C=O) groups is 1. The van der Waals surface area contributed by atoms with E-state index in [2.05, 4.69) is 5.32 Å². The van der Waals surface area contributed by atoms with Crippen LogP contribution in [0.4, 0.5) is 5.69 Å². The largest absolute Gasteiger partial charge is 0.369 e. The molecule has 0 saturated heterocycles. The number of rotatable bonds is 4. The maximum Gasteiger partial charge on any atom is 0.256 e. The van der Waals surface area contributed by atoms with Crippen molar-refractivity contribution in [2.75, 3.05) is 12.4 Å². The Bertz CT molecular complexity index is 588. The third-order valence-corrected chi connectivity index (χ3v) is 3.61. The second-order valence-corrected chi connectivity index (χ2v) is 4.80. The van der Waals surface area contributed by atoms with Crippen LogP contribution < -0.4 is 5.32 Å². The summed E-state index contributed by atoms with van der Waals surface area (Å²) in [4.78, 5) is 12.2. The fraction of sp³-hybridized carbons (Fsp3) is 0.312. The number of hydrogen-bond acceptors (Lipinski definition) is 2. The predicted octanol–water partition coefficient (Wildman–Crippen LogP) is 3.59. The van der Waals surface area contributed by atoms with Crippen LogP contribution in [0.3, 0.4) is 0 Å². The molecule has 19 heavy (non-hydrogen) atoms. The molecule has 2 aromatic carbocycles. The summed E-state index contributed by atoms with van der Waals surface area (Å²) >= 11 is 0. The molecule has 0 aliphatic rings. The van der Waals surface area contributed by atoms with E-state index in [1.54, 1.807) is 14.0 Å². The van der Waals surface area contributed by atoms with Gasteiger partial charge in [0, 0.05) is 12.8 Å². The quantitative estimate of drug-likeness (QED) is 0.909. The molecule has 1 N–H and O–H groups in total. The Kier molecular flexibility index (Phi) is 3.86. The van der Waals surface area contributed by atoms with E-state index in [0.717, 1.165) is 16.5 Å². The molecular formula is C16H19NO2. The topological polar surface area (TPSA) is 38.3 Å². The maximum atomic E-state index is 12.2. The fourth-order valence-electron chi connectivity index (χ4n) is 1.93. The lowest BCUT2D eigenvalue weighted by Crippen LogP contribution is -2.41. The second-order valence-electron chi connectivity index (χ2n) is 4.80. The van der Waals surface area contributed by atoms with E-state index in [1.807, 2.05) is 49.4 Å². The van der Waals surface area contributed by atoms with Crippen LogP contribution in [0.15, 0.2) is 42.5 Å². The van der Waals surface area contributed by atoms with Gasteiger partial charge in [0.05, 0.1) is 0 Å². The first-order valence-corrected chi connectivity index (χ1v) is 6.44. The molecule has 1 amide bonds. The van der Waals surface area contributed by atoms with Gasteiger partial charge in [0.25, 0.3) is 5.91 Å². The number of fused-ring (bicyclic) bond motifs is 1. The van der Waals surface area contributed by atoms with Gasteiger partial charge in [-0.25, -0.2) is 0 Å². The van der Waals surface area contributed by atoms with Gasteiger partial charge in [-0.05, 0) is 36.2 Å². The van der Waals surface area contributed by atoms with Crippen molar-refractivity contribution in [2.45, 2.75) is 25.9 Å². The number of benzene rings is 2. The minimum Gasteiger partial charge on any atom is -0.369 e. The zero-order valence-electron chi connectivity index (χ0n) is 11.6. The molecule has 2 rings (SSSR count). The second kappa shape index (κ2) is 5.41. The van der Waals surface area contributed by atoms with Crippen molar-refractivity contribution >= 4 is 22.4 Å². The van der Waals surface area contributed by atoms with Gasteiger partial charge < -0.3 is 10.1 Å². The van der Waals surface area contributed by atoms with Crippen molar-refractivity contribution < 1.29 is 9.53 Å². The van der Waals surface area contributed by atoms with Crippen LogP contribution in [0.2, 0.25) is 0 Å². The van der Waals surface area contributed by atoms with E-state index in [4.69, 9.17) is 4.74 Å². The first-order valence-electron chi connectivity index (χ1n) is 6.44. The number of nitrogens with one attached hydrogen (secondary N) is 1. The Labute approximate surface area is 113 Å². The highest BCUT2D eigenvalue weighted by Gasteiger charge is 2.30. The van der Waals surface area contributed by atoms with Gasteiger partial charge in [-0.3, -0.25) is 4.79 Å². The lowest BCUT2D eigenvalue weighted by molar-refractivity contribution is -0.136. The summed E-state index contributed by atoms with van der Waals surface area (Å²) in [5, 5.41) is 5.18. The monoisotopic (exact) mass is 257 g/mol. The van der Waals surface area contributed by atoms with E-state index in [-0.39, 0.29) is 5.91 Å². The molecule has 2 aromatic rings. The summed E-state index contributed by atoms with van der Waals surface area (Å²) in [5.41, 5.74) is 0.00599. The Morgan fingerprint density at radius 1 is 1.21 bits per heavy atom. The van der Waals surface area contributed by atoms with E-state index >= 15 is 0 Å². The Hall–Kier alpha value is -1.87. The molecule has 0 bridgehead atoms. The highest BCUT2D eigenvalue weighted by atomic mass is 16.5. The number of hydrogen-bond donors (Lipinski definition) is 1. The molecule has 0 aromatic heterocycles. The highest BCUT2D eigenvalue weighted by molar-refractivity contribution is 5.98. The van der Waals surface area contributed by atoms with Gasteiger partial charge >= 0.3 is 0 Å². The zero-order valence-corrected chi connectivity index (χ0v) is 11.6. The molecule has 0 aliphatic carbocycles. The molecule has 0 radical (unpaired) electrons. The van der Waals surface area contributed by atoms with E-state index in [1.165, 1.54) is 0 Å². The van der Waals surface area contributed by atoms with Crippen LogP contribution in [-0.4, -0.2) is 18.6 Å². The molecule has 0 heterocycles. The average molecular weight is 257 g/mol. The normalized spacial score (nSPS) is 14.1. The lowest BCUT2D eigenvalue weighted by Gasteiger charge is -2.25. The van der Waals surface area contributed by atoms with Gasteiger partial charge in [0.1, 0.15) is 5.60 Å². The van der Waals surface area contributed by atoms with Crippen LogP contribution in [0, 0.1) is 0 Å². The van der Waals surface area contributed by atoms with E-state index in [0.29, 0.717) is 6.42 Å². The Balaban J connectivity index is 2.24. The molecule has 3 heteroatoms. The third kappa shape index (κ3) is 2.76. The van der Waals surface area contributed by atoms with E-state index < -0.39 is 5.60 Å². The minimum absolute atomic E-state index is 0.118. The maximum absolute atomic E-state index is 12.2. The highest BCUT2D eigenvalue weighted by Crippen LogP contribution is 2.21. The third-order valence-electron chi connectivity index (χ3n) is 3.61. The summed E-state index contributed by atoms with van der Waals surface area (Å²) < 4.78 is 5.30. The molecule has 1 atom stereocenters. The van der Waals surface area contributed by atoms with Crippen molar-refractivity contribution in [1.82, 2.24) is 0 Å². The van der Waals surface area contributed by atoms with Crippen molar-refractivity contribution in [1.29, 1.82) is 0 Å². The molecule has 100 valence electrons. The molecular weight excluding hydrogens is 238 g/mol. The van der Waals surface area contributed by atoms with E-state index in [9.17, 15) is 4.79 Å². The van der Waals surface area contributed by atoms with Crippen LogP contribution in [0.5, 0.6) is 0 Å². The standard InChI is InChI=1S/C16H19NO2/c1-4-16(2,19-3)15(18)17-14-10-9-12-7-5-6-8-13(12)11-14/h5-11H,4H2,1-3H3,(H,17,18). The number of methoxy groups -OCH3 is 1. The van der Waals surface area contributed by atoms with Gasteiger partial charge in [0.2, 0.25) is 0 Å². The molecule has 0 saturated carbocycles. The minimum atomic E-state index is -0.786. The summed E-state index contributed by atoms with van der Waals surface area (Å²) in [5.74, 6) is -0.118. The first kappa shape index (κ1) is 13.6. The van der Waals surface area contributed by atoms with Crippen LogP contribution in [0.25, 0.3) is 10.8 Å². The smallest absolute Gasteiger partial charge is 0.256 e. The van der Waals surface area contributed by atoms with Crippen molar-refractivity contribution in [3.05, 3.63) is 42.5 Å².